The number of benzene rings is 3. The van der Waals surface area contributed by atoms with Gasteiger partial charge in [-0.05, 0) is 73.5 Å². The number of fused-ring (bicyclic) bond motifs is 1. The third-order valence-corrected chi connectivity index (χ3v) is 8.34. The summed E-state index contributed by atoms with van der Waals surface area (Å²) in [4.78, 5) is 45.1. The van der Waals surface area contributed by atoms with Gasteiger partial charge in [-0.3, -0.25) is 14.4 Å². The summed E-state index contributed by atoms with van der Waals surface area (Å²) in [6.45, 7) is 0. The Morgan fingerprint density at radius 3 is 2.39 bits per heavy atom. The number of rotatable bonds is 6. The van der Waals surface area contributed by atoms with Gasteiger partial charge in [-0.1, -0.05) is 31.4 Å². The SMILES string of the molecule is O=C(Nc1ccc(SC2CC(=O)N(c3ccc(-c4nc5ccccc5o4)cc3)C2=O)cc1)C1CCCCC1. The minimum absolute atomic E-state index is 0.0828. The normalized spacial score (nSPS) is 18.3. The van der Waals surface area contributed by atoms with E-state index in [1.54, 1.807) is 24.3 Å². The van der Waals surface area contributed by atoms with Gasteiger partial charge in [0.05, 0.1) is 10.9 Å². The van der Waals surface area contributed by atoms with Gasteiger partial charge in [0.2, 0.25) is 23.6 Å². The Morgan fingerprint density at radius 2 is 1.66 bits per heavy atom. The molecule has 2 fully saturated rings. The summed E-state index contributed by atoms with van der Waals surface area (Å²) in [7, 11) is 0. The zero-order chi connectivity index (χ0) is 26.1. The molecule has 1 atom stereocenters. The highest BCUT2D eigenvalue weighted by Crippen LogP contribution is 2.35. The summed E-state index contributed by atoms with van der Waals surface area (Å²) in [5, 5.41) is 2.51. The van der Waals surface area contributed by atoms with Crippen LogP contribution in [-0.4, -0.2) is 28.0 Å². The first-order valence-corrected chi connectivity index (χ1v) is 13.8. The number of imide groups is 1. The van der Waals surface area contributed by atoms with Crippen molar-refractivity contribution in [3.63, 3.8) is 0 Å². The van der Waals surface area contributed by atoms with Crippen molar-refractivity contribution in [1.29, 1.82) is 0 Å². The number of carbonyl (C=O) groups is 3. The van der Waals surface area contributed by atoms with Crippen LogP contribution < -0.4 is 10.2 Å². The predicted molar refractivity (Wildman–Crippen MR) is 148 cm³/mol. The summed E-state index contributed by atoms with van der Waals surface area (Å²) >= 11 is 1.37. The summed E-state index contributed by atoms with van der Waals surface area (Å²) in [5.41, 5.74) is 3.53. The number of para-hydroxylation sites is 2. The summed E-state index contributed by atoms with van der Waals surface area (Å²) in [6.07, 6.45) is 5.47. The number of aromatic nitrogens is 1. The van der Waals surface area contributed by atoms with E-state index in [2.05, 4.69) is 10.3 Å². The first-order chi connectivity index (χ1) is 18.5. The molecule has 3 amide bonds. The number of oxazole rings is 1. The summed E-state index contributed by atoms with van der Waals surface area (Å²) in [5.74, 6) is 0.209. The molecule has 6 rings (SSSR count). The molecule has 1 saturated carbocycles. The van der Waals surface area contributed by atoms with Crippen molar-refractivity contribution in [3.8, 4) is 11.5 Å². The van der Waals surface area contributed by atoms with E-state index in [-0.39, 0.29) is 30.1 Å². The fourth-order valence-corrected chi connectivity index (χ4v) is 6.16. The van der Waals surface area contributed by atoms with E-state index >= 15 is 0 Å². The van der Waals surface area contributed by atoms with E-state index in [0.717, 1.165) is 47.3 Å². The molecule has 1 aliphatic carbocycles. The molecular weight excluding hydrogens is 498 g/mol. The largest absolute Gasteiger partial charge is 0.436 e. The fourth-order valence-electron chi connectivity index (χ4n) is 5.11. The van der Waals surface area contributed by atoms with E-state index in [0.29, 0.717) is 17.2 Å². The van der Waals surface area contributed by atoms with Gasteiger partial charge < -0.3 is 9.73 Å². The Morgan fingerprint density at radius 1 is 0.921 bits per heavy atom. The molecule has 2 aliphatic rings. The standard InChI is InChI=1S/C30H27N3O4S/c34-27-18-26(38-23-16-12-21(13-17-23)31-28(35)19-6-2-1-3-7-19)30(36)33(27)22-14-10-20(11-15-22)29-32-24-8-4-5-9-25(24)37-29/h4-5,8-17,19,26H,1-3,6-7,18H2,(H,31,35). The topological polar surface area (TPSA) is 92.5 Å². The number of nitrogens with one attached hydrogen (secondary N) is 1. The molecule has 7 nitrogen and oxygen atoms in total. The number of carbonyl (C=O) groups excluding carboxylic acids is 3. The molecule has 1 aromatic heterocycles. The Hall–Kier alpha value is -3.91. The van der Waals surface area contributed by atoms with Gasteiger partial charge in [-0.25, -0.2) is 9.88 Å². The van der Waals surface area contributed by atoms with Crippen molar-refractivity contribution in [2.75, 3.05) is 10.2 Å². The summed E-state index contributed by atoms with van der Waals surface area (Å²) < 4.78 is 5.82. The molecule has 0 bridgehead atoms. The lowest BCUT2D eigenvalue weighted by Gasteiger charge is -2.20. The van der Waals surface area contributed by atoms with Crippen molar-refractivity contribution in [2.24, 2.45) is 5.92 Å². The Balaban J connectivity index is 1.10. The highest BCUT2D eigenvalue weighted by atomic mass is 32.2. The van der Waals surface area contributed by atoms with E-state index in [1.165, 1.54) is 23.1 Å². The molecular formula is C30H27N3O4S. The van der Waals surface area contributed by atoms with Gasteiger partial charge in [0, 0.05) is 28.5 Å². The maximum absolute atomic E-state index is 13.2. The Bertz CT molecular complexity index is 1460. The molecule has 1 aliphatic heterocycles. The third kappa shape index (κ3) is 4.96. The first kappa shape index (κ1) is 24.4. The fraction of sp³-hybridized carbons (Fsp3) is 0.267. The highest BCUT2D eigenvalue weighted by Gasteiger charge is 2.40. The second-order valence-electron chi connectivity index (χ2n) is 9.76. The maximum atomic E-state index is 13.2. The molecule has 0 radical (unpaired) electrons. The first-order valence-electron chi connectivity index (χ1n) is 13.0. The minimum Gasteiger partial charge on any atom is -0.436 e. The predicted octanol–water partition coefficient (Wildman–Crippen LogP) is 6.44. The molecule has 0 spiro atoms. The quantitative estimate of drug-likeness (QED) is 0.291. The number of anilines is 2. The van der Waals surface area contributed by atoms with Gasteiger partial charge in [0.15, 0.2) is 5.58 Å². The van der Waals surface area contributed by atoms with Crippen LogP contribution in [0.25, 0.3) is 22.6 Å². The number of hydrogen-bond donors (Lipinski definition) is 1. The van der Waals surface area contributed by atoms with Gasteiger partial charge in [0.25, 0.3) is 0 Å². The zero-order valence-electron chi connectivity index (χ0n) is 20.8. The van der Waals surface area contributed by atoms with Crippen molar-refractivity contribution >= 4 is 52.0 Å². The van der Waals surface area contributed by atoms with Crippen LogP contribution in [0.2, 0.25) is 0 Å². The Labute approximate surface area is 224 Å². The zero-order valence-corrected chi connectivity index (χ0v) is 21.6. The molecule has 38 heavy (non-hydrogen) atoms. The molecule has 2 heterocycles. The second kappa shape index (κ2) is 10.5. The molecule has 1 saturated heterocycles. The van der Waals surface area contributed by atoms with Crippen molar-refractivity contribution < 1.29 is 18.8 Å². The molecule has 1 N–H and O–H groups in total. The summed E-state index contributed by atoms with van der Waals surface area (Å²) in [6, 6.07) is 22.1. The minimum atomic E-state index is -0.498. The van der Waals surface area contributed by atoms with E-state index in [9.17, 15) is 14.4 Å². The monoisotopic (exact) mass is 525 g/mol. The average Bonchev–Trinajstić information content (AvgIpc) is 3.50. The molecule has 8 heteroatoms. The number of thioether (sulfide) groups is 1. The third-order valence-electron chi connectivity index (χ3n) is 7.15. The van der Waals surface area contributed by atoms with Crippen molar-refractivity contribution in [1.82, 2.24) is 4.98 Å². The van der Waals surface area contributed by atoms with Gasteiger partial charge in [-0.2, -0.15) is 0 Å². The van der Waals surface area contributed by atoms with Gasteiger partial charge in [-0.15, -0.1) is 11.8 Å². The van der Waals surface area contributed by atoms with Crippen LogP contribution in [0.4, 0.5) is 11.4 Å². The van der Waals surface area contributed by atoms with Crippen LogP contribution in [0.5, 0.6) is 0 Å². The van der Waals surface area contributed by atoms with Crippen LogP contribution in [0.1, 0.15) is 38.5 Å². The molecule has 192 valence electrons. The lowest BCUT2D eigenvalue weighted by Crippen LogP contribution is -2.31. The van der Waals surface area contributed by atoms with Crippen LogP contribution in [0.3, 0.4) is 0 Å². The van der Waals surface area contributed by atoms with Gasteiger partial charge in [0.1, 0.15) is 5.52 Å². The van der Waals surface area contributed by atoms with Crippen LogP contribution >= 0.6 is 11.8 Å². The van der Waals surface area contributed by atoms with Crippen LogP contribution in [0.15, 0.2) is 82.1 Å². The van der Waals surface area contributed by atoms with E-state index in [4.69, 9.17) is 4.42 Å². The lowest BCUT2D eigenvalue weighted by molar-refractivity contribution is -0.122. The second-order valence-corrected chi connectivity index (χ2v) is 11.0. The average molecular weight is 526 g/mol. The Kier molecular flexibility index (Phi) is 6.72. The molecule has 1 unspecified atom stereocenters. The molecule has 4 aromatic rings. The maximum Gasteiger partial charge on any atom is 0.247 e. The smallest absolute Gasteiger partial charge is 0.247 e. The number of hydrogen-bond acceptors (Lipinski definition) is 6. The van der Waals surface area contributed by atoms with Crippen LogP contribution in [0, 0.1) is 5.92 Å². The van der Waals surface area contributed by atoms with Crippen molar-refractivity contribution in [2.45, 2.75) is 48.7 Å². The highest BCUT2D eigenvalue weighted by molar-refractivity contribution is 8.00. The number of amides is 3. The van der Waals surface area contributed by atoms with Crippen LogP contribution in [-0.2, 0) is 14.4 Å². The number of nitrogens with zero attached hydrogens (tertiary/aromatic N) is 2. The lowest BCUT2D eigenvalue weighted by atomic mass is 9.88. The molecule has 3 aromatic carbocycles. The van der Waals surface area contributed by atoms with Gasteiger partial charge >= 0.3 is 0 Å². The van der Waals surface area contributed by atoms with Crippen molar-refractivity contribution in [3.05, 3.63) is 72.8 Å². The van der Waals surface area contributed by atoms with E-state index < -0.39 is 5.25 Å². The van der Waals surface area contributed by atoms with E-state index in [1.807, 2.05) is 48.5 Å².